The fourth-order valence-corrected chi connectivity index (χ4v) is 4.53. The molecule has 0 saturated heterocycles. The van der Waals surface area contributed by atoms with Crippen molar-refractivity contribution in [1.82, 2.24) is 29.6 Å². The van der Waals surface area contributed by atoms with Gasteiger partial charge >= 0.3 is 0 Å². The van der Waals surface area contributed by atoms with E-state index in [1.165, 1.54) is 12.3 Å². The molecule has 0 spiro atoms. The molecule has 0 bridgehead atoms. The molecule has 3 aromatic heterocycles. The summed E-state index contributed by atoms with van der Waals surface area (Å²) < 4.78 is 18.2. The summed E-state index contributed by atoms with van der Waals surface area (Å²) in [6.07, 6.45) is 4.06. The molecule has 10 heteroatoms. The van der Waals surface area contributed by atoms with E-state index in [2.05, 4.69) is 25.6 Å². The molecule has 1 aromatic carbocycles. The lowest BCUT2D eigenvalue weighted by Gasteiger charge is -2.19. The van der Waals surface area contributed by atoms with E-state index in [-0.39, 0.29) is 23.4 Å². The average molecular weight is 476 g/mol. The lowest BCUT2D eigenvalue weighted by atomic mass is 10.00. The first-order chi connectivity index (χ1) is 16.8. The second-order valence-corrected chi connectivity index (χ2v) is 9.72. The Morgan fingerprint density at radius 2 is 2.03 bits per heavy atom. The second kappa shape index (κ2) is 7.96. The van der Waals surface area contributed by atoms with Crippen LogP contribution in [0.5, 0.6) is 0 Å². The molecule has 0 unspecified atom stereocenters. The molecule has 6 rings (SSSR count). The van der Waals surface area contributed by atoms with Gasteiger partial charge in [-0.1, -0.05) is 6.07 Å². The summed E-state index contributed by atoms with van der Waals surface area (Å²) in [7, 11) is 0. The van der Waals surface area contributed by atoms with Gasteiger partial charge in [0.15, 0.2) is 11.5 Å². The Morgan fingerprint density at radius 1 is 1.20 bits per heavy atom. The average Bonchev–Trinajstić information content (AvgIpc) is 3.63. The lowest BCUT2D eigenvalue weighted by Crippen LogP contribution is -2.24. The van der Waals surface area contributed by atoms with Crippen molar-refractivity contribution in [3.8, 4) is 5.82 Å². The number of hydrogen-bond acceptors (Lipinski definition) is 7. The summed E-state index contributed by atoms with van der Waals surface area (Å²) in [4.78, 5) is 26.8. The Hall–Kier alpha value is -3.63. The van der Waals surface area contributed by atoms with E-state index in [1.54, 1.807) is 47.5 Å². The van der Waals surface area contributed by atoms with Crippen LogP contribution >= 0.6 is 0 Å². The molecule has 1 saturated carbocycles. The predicted octanol–water partition coefficient (Wildman–Crippen LogP) is 3.07. The minimum Gasteiger partial charge on any atom is -0.384 e. The maximum absolute atomic E-state index is 14.8. The summed E-state index contributed by atoms with van der Waals surface area (Å²) in [5.41, 5.74) is 1.83. The van der Waals surface area contributed by atoms with E-state index in [4.69, 9.17) is 0 Å². The van der Waals surface area contributed by atoms with E-state index in [0.29, 0.717) is 34.8 Å². The Kier molecular flexibility index (Phi) is 4.97. The van der Waals surface area contributed by atoms with Crippen molar-refractivity contribution in [2.24, 2.45) is 0 Å². The Balaban J connectivity index is 1.48. The summed E-state index contributed by atoms with van der Waals surface area (Å²) in [6.45, 7) is 4.81. The highest BCUT2D eigenvalue weighted by molar-refractivity contribution is 5.77. The van der Waals surface area contributed by atoms with Crippen LogP contribution in [0.1, 0.15) is 49.6 Å². The van der Waals surface area contributed by atoms with E-state index in [0.717, 1.165) is 36.9 Å². The number of halogens is 1. The van der Waals surface area contributed by atoms with Crippen molar-refractivity contribution >= 4 is 22.7 Å². The van der Waals surface area contributed by atoms with Crippen molar-refractivity contribution in [3.63, 3.8) is 0 Å². The Morgan fingerprint density at radius 3 is 2.80 bits per heavy atom. The van der Waals surface area contributed by atoms with Gasteiger partial charge in [0.2, 0.25) is 5.95 Å². The Bertz CT molecular complexity index is 1520. The summed E-state index contributed by atoms with van der Waals surface area (Å²) in [5, 5.41) is 17.1. The normalized spacial score (nSPS) is 15.9. The van der Waals surface area contributed by atoms with Gasteiger partial charge in [0, 0.05) is 12.7 Å². The van der Waals surface area contributed by atoms with Gasteiger partial charge in [0.1, 0.15) is 16.8 Å². The molecule has 0 radical (unpaired) electrons. The third-order valence-electron chi connectivity index (χ3n) is 6.52. The molecule has 35 heavy (non-hydrogen) atoms. The first-order valence-corrected chi connectivity index (χ1v) is 11.8. The smallest absolute Gasteiger partial charge is 0.278 e. The molecule has 4 heterocycles. The van der Waals surface area contributed by atoms with Crippen LogP contribution in [0.3, 0.4) is 0 Å². The number of benzene rings is 1. The molecule has 0 atom stereocenters. The lowest BCUT2D eigenvalue weighted by molar-refractivity contribution is 0.0738. The number of hydrogen-bond donors (Lipinski definition) is 3. The minimum absolute atomic E-state index is 0.0485. The van der Waals surface area contributed by atoms with Crippen LogP contribution in [0.25, 0.3) is 16.9 Å². The topological polar surface area (TPSA) is 110 Å². The zero-order chi connectivity index (χ0) is 24.3. The van der Waals surface area contributed by atoms with Crippen LogP contribution in [-0.2, 0) is 18.6 Å². The van der Waals surface area contributed by atoms with Gasteiger partial charge in [-0.3, -0.25) is 4.79 Å². The zero-order valence-corrected chi connectivity index (χ0v) is 19.5. The molecule has 1 aliphatic heterocycles. The fraction of sp³-hybridized carbons (Fsp3) is 0.360. The predicted molar refractivity (Wildman–Crippen MR) is 130 cm³/mol. The van der Waals surface area contributed by atoms with Crippen LogP contribution in [0, 0.1) is 5.82 Å². The SMILES string of the molecule is CC(C)(O)c1cccc(-n2c3nc(Nc4cc5c(cc4F)CNCC5)ncc3c(=O)n2C2CC2)n1. The quantitative estimate of drug-likeness (QED) is 0.407. The summed E-state index contributed by atoms with van der Waals surface area (Å²) >= 11 is 0. The molecule has 0 amide bonds. The van der Waals surface area contributed by atoms with E-state index >= 15 is 0 Å². The number of nitrogens with one attached hydrogen (secondary N) is 2. The van der Waals surface area contributed by atoms with Crippen molar-refractivity contribution in [2.75, 3.05) is 11.9 Å². The van der Waals surface area contributed by atoms with Crippen molar-refractivity contribution in [2.45, 2.75) is 51.3 Å². The van der Waals surface area contributed by atoms with Gasteiger partial charge < -0.3 is 15.7 Å². The number of aliphatic hydroxyl groups is 1. The first-order valence-electron chi connectivity index (χ1n) is 11.8. The molecule has 2 aliphatic rings. The van der Waals surface area contributed by atoms with E-state index < -0.39 is 5.60 Å². The fourth-order valence-electron chi connectivity index (χ4n) is 4.53. The van der Waals surface area contributed by atoms with E-state index in [9.17, 15) is 14.3 Å². The monoisotopic (exact) mass is 475 g/mol. The van der Waals surface area contributed by atoms with Gasteiger partial charge in [-0.2, -0.15) is 4.98 Å². The van der Waals surface area contributed by atoms with E-state index in [1.807, 2.05) is 0 Å². The van der Waals surface area contributed by atoms with Crippen molar-refractivity contribution in [1.29, 1.82) is 0 Å². The largest absolute Gasteiger partial charge is 0.384 e. The molecule has 9 nitrogen and oxygen atoms in total. The van der Waals surface area contributed by atoms with Crippen LogP contribution < -0.4 is 16.2 Å². The third kappa shape index (κ3) is 3.88. The minimum atomic E-state index is -1.15. The van der Waals surface area contributed by atoms with Gasteiger partial charge in [0.25, 0.3) is 5.56 Å². The highest BCUT2D eigenvalue weighted by atomic mass is 19.1. The van der Waals surface area contributed by atoms with Gasteiger partial charge in [-0.15, -0.1) is 0 Å². The van der Waals surface area contributed by atoms with Crippen LogP contribution in [0.4, 0.5) is 16.0 Å². The second-order valence-electron chi connectivity index (χ2n) is 9.72. The standard InChI is InChI=1S/C25H26FN7O2/c1-25(2,35)20-4-3-5-21(30-20)33-22-17(23(34)32(33)16-6-7-16)13-28-24(31-22)29-19-11-14-8-9-27-12-15(14)10-18(19)26/h3-5,10-11,13,16,27,35H,6-9,12H2,1-2H3,(H,28,29,31). The third-order valence-corrected chi connectivity index (χ3v) is 6.52. The highest BCUT2D eigenvalue weighted by Crippen LogP contribution is 2.35. The molecule has 1 aliphatic carbocycles. The zero-order valence-electron chi connectivity index (χ0n) is 19.5. The highest BCUT2D eigenvalue weighted by Gasteiger charge is 2.31. The molecule has 180 valence electrons. The first kappa shape index (κ1) is 21.9. The molecule has 4 aromatic rings. The maximum atomic E-state index is 14.8. The van der Waals surface area contributed by atoms with Crippen LogP contribution in [0.15, 0.2) is 41.3 Å². The Labute approximate surface area is 200 Å². The molecular weight excluding hydrogens is 449 g/mol. The van der Waals surface area contributed by atoms with Crippen LogP contribution in [0.2, 0.25) is 0 Å². The molecular formula is C25H26FN7O2. The van der Waals surface area contributed by atoms with Gasteiger partial charge in [-0.05, 0) is 75.0 Å². The number of rotatable bonds is 5. The molecule has 1 fully saturated rings. The van der Waals surface area contributed by atoms with Gasteiger partial charge in [-0.25, -0.2) is 23.7 Å². The number of anilines is 2. The number of aromatic nitrogens is 5. The summed E-state index contributed by atoms with van der Waals surface area (Å²) in [6, 6.07) is 8.70. The maximum Gasteiger partial charge on any atom is 0.278 e. The van der Waals surface area contributed by atoms with Gasteiger partial charge in [0.05, 0.1) is 17.4 Å². The van der Waals surface area contributed by atoms with Crippen molar-refractivity contribution < 1.29 is 9.50 Å². The molecule has 3 N–H and O–H groups in total. The number of pyridine rings is 1. The number of nitrogens with zero attached hydrogens (tertiary/aromatic N) is 5. The number of fused-ring (bicyclic) bond motifs is 2. The van der Waals surface area contributed by atoms with Crippen molar-refractivity contribution in [3.05, 3.63) is 69.5 Å². The van der Waals surface area contributed by atoms with Crippen LogP contribution in [-0.4, -0.2) is 36.0 Å². The summed E-state index contributed by atoms with van der Waals surface area (Å²) in [5.74, 6) is 0.273.